The molecule has 2 aromatic carbocycles. The van der Waals surface area contributed by atoms with Gasteiger partial charge in [-0.25, -0.2) is 0 Å². The molecular weight excluding hydrogens is 432 g/mol. The molecule has 0 bridgehead atoms. The number of fused-ring (bicyclic) bond motifs is 1. The maximum Gasteiger partial charge on any atom is 0.263 e. The van der Waals surface area contributed by atoms with Gasteiger partial charge in [-0.05, 0) is 43.4 Å². The van der Waals surface area contributed by atoms with Crippen LogP contribution >= 0.6 is 11.3 Å². The summed E-state index contributed by atoms with van der Waals surface area (Å²) in [7, 11) is 0. The van der Waals surface area contributed by atoms with Gasteiger partial charge in [0.2, 0.25) is 0 Å². The maximum atomic E-state index is 13.3. The van der Waals surface area contributed by atoms with Crippen molar-refractivity contribution >= 4 is 38.8 Å². The van der Waals surface area contributed by atoms with E-state index in [2.05, 4.69) is 29.4 Å². The zero-order valence-corrected chi connectivity index (χ0v) is 19.7. The van der Waals surface area contributed by atoms with Gasteiger partial charge in [0.15, 0.2) is 0 Å². The first kappa shape index (κ1) is 22.8. The highest BCUT2D eigenvalue weighted by Gasteiger charge is 2.21. The van der Waals surface area contributed by atoms with Gasteiger partial charge in [0.1, 0.15) is 9.71 Å². The van der Waals surface area contributed by atoms with Crippen molar-refractivity contribution in [3.8, 4) is 5.69 Å². The summed E-state index contributed by atoms with van der Waals surface area (Å²) in [6, 6.07) is 22.6. The van der Waals surface area contributed by atoms with Gasteiger partial charge >= 0.3 is 0 Å². The molecule has 2 aromatic heterocycles. The number of pyridine rings is 1. The number of thiophene rings is 1. The van der Waals surface area contributed by atoms with E-state index in [-0.39, 0.29) is 11.5 Å². The van der Waals surface area contributed by atoms with Crippen LogP contribution in [0, 0.1) is 0 Å². The van der Waals surface area contributed by atoms with Gasteiger partial charge in [-0.15, -0.1) is 11.3 Å². The number of hydrogen-bond acceptors (Lipinski definition) is 5. The van der Waals surface area contributed by atoms with E-state index in [0.717, 1.165) is 41.2 Å². The maximum absolute atomic E-state index is 13.3. The predicted molar refractivity (Wildman–Crippen MR) is 137 cm³/mol. The lowest BCUT2D eigenvalue weighted by Crippen LogP contribution is -2.34. The summed E-state index contributed by atoms with van der Waals surface area (Å²) in [5, 5.41) is 7.32. The second-order valence-electron chi connectivity index (χ2n) is 7.64. The summed E-state index contributed by atoms with van der Waals surface area (Å²) in [6.45, 7) is 7.47. The lowest BCUT2D eigenvalue weighted by atomic mass is 10.2. The predicted octanol–water partition coefficient (Wildman–Crippen LogP) is 4.87. The van der Waals surface area contributed by atoms with Crippen LogP contribution in [0.3, 0.4) is 0 Å². The molecule has 0 radical (unpaired) electrons. The minimum atomic E-state index is -0.145. The quantitative estimate of drug-likeness (QED) is 0.374. The number of benzene rings is 2. The van der Waals surface area contributed by atoms with Crippen LogP contribution in [0.2, 0.25) is 0 Å². The van der Waals surface area contributed by atoms with Crippen LogP contribution in [0.5, 0.6) is 0 Å². The SMILES string of the molecule is CCN(CC)CCNC(=O)c1sc2c(ccc(=O)n2-c2ccccc2)c1Nc1ccccc1. The summed E-state index contributed by atoms with van der Waals surface area (Å²) in [5.41, 5.74) is 2.24. The molecule has 0 atom stereocenters. The Hall–Kier alpha value is -3.42. The largest absolute Gasteiger partial charge is 0.354 e. The van der Waals surface area contributed by atoms with E-state index < -0.39 is 0 Å². The van der Waals surface area contributed by atoms with Gasteiger partial charge in [0.05, 0.1) is 11.4 Å². The number of amides is 1. The average molecular weight is 461 g/mol. The molecule has 170 valence electrons. The molecule has 0 spiro atoms. The fourth-order valence-electron chi connectivity index (χ4n) is 3.80. The first-order valence-corrected chi connectivity index (χ1v) is 12.0. The summed E-state index contributed by atoms with van der Waals surface area (Å²) < 4.78 is 1.67. The van der Waals surface area contributed by atoms with Crippen LogP contribution < -0.4 is 16.2 Å². The molecule has 1 amide bonds. The zero-order valence-electron chi connectivity index (χ0n) is 18.9. The number of carbonyl (C=O) groups excluding carboxylic acids is 1. The van der Waals surface area contributed by atoms with E-state index in [1.807, 2.05) is 60.7 Å². The molecule has 0 aliphatic heterocycles. The topological polar surface area (TPSA) is 66.4 Å². The summed E-state index contributed by atoms with van der Waals surface area (Å²) in [5.74, 6) is -0.145. The third kappa shape index (κ3) is 4.99. The Morgan fingerprint density at radius 2 is 1.61 bits per heavy atom. The Bertz CT molecular complexity index is 1280. The third-order valence-electron chi connectivity index (χ3n) is 5.61. The number of anilines is 2. The van der Waals surface area contributed by atoms with Crippen molar-refractivity contribution in [1.29, 1.82) is 0 Å². The molecule has 33 heavy (non-hydrogen) atoms. The number of rotatable bonds is 9. The Balaban J connectivity index is 1.78. The van der Waals surface area contributed by atoms with E-state index >= 15 is 0 Å². The Kier molecular flexibility index (Phi) is 7.22. The number of carbonyl (C=O) groups is 1. The molecule has 2 heterocycles. The molecule has 0 saturated carbocycles. The molecule has 0 saturated heterocycles. The van der Waals surface area contributed by atoms with E-state index in [4.69, 9.17) is 0 Å². The van der Waals surface area contributed by atoms with E-state index in [1.54, 1.807) is 16.7 Å². The van der Waals surface area contributed by atoms with Crippen molar-refractivity contribution in [2.75, 3.05) is 31.5 Å². The summed E-state index contributed by atoms with van der Waals surface area (Å²) in [4.78, 5) is 29.7. The highest BCUT2D eigenvalue weighted by Crippen LogP contribution is 2.37. The third-order valence-corrected chi connectivity index (χ3v) is 6.80. The molecule has 4 rings (SSSR count). The fraction of sp³-hybridized carbons (Fsp3) is 0.231. The lowest BCUT2D eigenvalue weighted by Gasteiger charge is -2.18. The Labute approximate surface area is 197 Å². The van der Waals surface area contributed by atoms with E-state index in [1.165, 1.54) is 11.3 Å². The molecule has 2 N–H and O–H groups in total. The monoisotopic (exact) mass is 460 g/mol. The first-order valence-electron chi connectivity index (χ1n) is 11.2. The van der Waals surface area contributed by atoms with Gasteiger partial charge in [-0.2, -0.15) is 0 Å². The Morgan fingerprint density at radius 1 is 0.939 bits per heavy atom. The van der Waals surface area contributed by atoms with Crippen molar-refractivity contribution in [3.05, 3.63) is 88.0 Å². The van der Waals surface area contributed by atoms with Crippen molar-refractivity contribution in [2.24, 2.45) is 0 Å². The van der Waals surface area contributed by atoms with Gasteiger partial charge in [0.25, 0.3) is 11.5 Å². The number of likely N-dealkylation sites (N-methyl/N-ethyl adjacent to an activating group) is 1. The number of nitrogens with one attached hydrogen (secondary N) is 2. The van der Waals surface area contributed by atoms with Crippen LogP contribution in [-0.4, -0.2) is 41.6 Å². The highest BCUT2D eigenvalue weighted by atomic mass is 32.1. The van der Waals surface area contributed by atoms with Crippen molar-refractivity contribution < 1.29 is 4.79 Å². The van der Waals surface area contributed by atoms with Crippen molar-refractivity contribution in [3.63, 3.8) is 0 Å². The standard InChI is InChI=1S/C26H28N4O2S/c1-3-29(4-2)18-17-27-25(32)24-23(28-19-11-7-5-8-12-19)21-15-16-22(31)30(26(21)33-24)20-13-9-6-10-14-20/h5-16,28H,3-4,17-18H2,1-2H3,(H,27,32). The smallest absolute Gasteiger partial charge is 0.263 e. The average Bonchev–Trinajstić information content (AvgIpc) is 3.21. The van der Waals surface area contributed by atoms with Crippen LogP contribution in [0.15, 0.2) is 77.6 Å². The van der Waals surface area contributed by atoms with Gasteiger partial charge < -0.3 is 15.5 Å². The number of nitrogens with zero attached hydrogens (tertiary/aromatic N) is 2. The van der Waals surface area contributed by atoms with Gasteiger partial charge in [-0.3, -0.25) is 14.2 Å². The number of hydrogen-bond donors (Lipinski definition) is 2. The molecule has 7 heteroatoms. The van der Waals surface area contributed by atoms with Crippen molar-refractivity contribution in [1.82, 2.24) is 14.8 Å². The lowest BCUT2D eigenvalue weighted by molar-refractivity contribution is 0.0954. The first-order chi connectivity index (χ1) is 16.1. The van der Waals surface area contributed by atoms with Gasteiger partial charge in [-0.1, -0.05) is 50.2 Å². The zero-order chi connectivity index (χ0) is 23.2. The second kappa shape index (κ2) is 10.5. The molecule has 0 aliphatic rings. The number of para-hydroxylation sites is 2. The highest BCUT2D eigenvalue weighted by molar-refractivity contribution is 7.21. The summed E-state index contributed by atoms with van der Waals surface area (Å²) >= 11 is 1.33. The minimum Gasteiger partial charge on any atom is -0.354 e. The molecule has 0 unspecified atom stereocenters. The van der Waals surface area contributed by atoms with Crippen molar-refractivity contribution in [2.45, 2.75) is 13.8 Å². The van der Waals surface area contributed by atoms with Crippen LogP contribution in [0.25, 0.3) is 15.9 Å². The minimum absolute atomic E-state index is 0.130. The van der Waals surface area contributed by atoms with E-state index in [9.17, 15) is 9.59 Å². The molecule has 4 aromatic rings. The van der Waals surface area contributed by atoms with Crippen LogP contribution in [0.1, 0.15) is 23.5 Å². The van der Waals surface area contributed by atoms with E-state index in [0.29, 0.717) is 17.1 Å². The normalized spacial score (nSPS) is 11.1. The second-order valence-corrected chi connectivity index (χ2v) is 8.64. The van der Waals surface area contributed by atoms with Crippen LogP contribution in [0.4, 0.5) is 11.4 Å². The summed E-state index contributed by atoms with van der Waals surface area (Å²) in [6.07, 6.45) is 0. The van der Waals surface area contributed by atoms with Crippen LogP contribution in [-0.2, 0) is 0 Å². The Morgan fingerprint density at radius 3 is 2.27 bits per heavy atom. The molecule has 6 nitrogen and oxygen atoms in total. The fourth-order valence-corrected chi connectivity index (χ4v) is 4.99. The molecule has 0 fully saturated rings. The molecule has 0 aliphatic carbocycles. The number of aromatic nitrogens is 1. The molecular formula is C26H28N4O2S. The van der Waals surface area contributed by atoms with Gasteiger partial charge in [0, 0.05) is 30.2 Å².